The Bertz CT molecular complexity index is 677. The molecule has 0 unspecified atom stereocenters. The molecule has 3 heterocycles. The van der Waals surface area contributed by atoms with Crippen LogP contribution in [0.1, 0.15) is 41.7 Å². The van der Waals surface area contributed by atoms with Gasteiger partial charge in [-0.2, -0.15) is 0 Å². The predicted octanol–water partition coefficient (Wildman–Crippen LogP) is 3.83. The number of aryl methyl sites for hydroxylation is 1. The van der Waals surface area contributed by atoms with Crippen LogP contribution in [0.5, 0.6) is 0 Å². The lowest BCUT2D eigenvalue weighted by Crippen LogP contribution is -2.44. The number of nitrogens with zero attached hydrogens (tertiary/aromatic N) is 3. The minimum Gasteiger partial charge on any atom is -0.336 e. The van der Waals surface area contributed by atoms with Gasteiger partial charge in [0.25, 0.3) is 5.91 Å². The number of amides is 1. The molecule has 1 atom stereocenters. The highest BCUT2D eigenvalue weighted by Crippen LogP contribution is 2.26. The molecule has 3 rings (SSSR count). The van der Waals surface area contributed by atoms with Gasteiger partial charge in [0.2, 0.25) is 0 Å². The average Bonchev–Trinajstić information content (AvgIpc) is 2.67. The lowest BCUT2D eigenvalue weighted by molar-refractivity contribution is 0.0597. The van der Waals surface area contributed by atoms with Crippen LogP contribution in [-0.4, -0.2) is 39.6 Å². The van der Waals surface area contributed by atoms with Gasteiger partial charge in [0.1, 0.15) is 5.03 Å². The van der Waals surface area contributed by atoms with E-state index in [1.807, 2.05) is 36.7 Å². The molecule has 2 aromatic rings. The van der Waals surface area contributed by atoms with Gasteiger partial charge in [-0.05, 0) is 62.6 Å². The van der Waals surface area contributed by atoms with Crippen molar-refractivity contribution in [3.8, 4) is 0 Å². The molecule has 4 nitrogen and oxygen atoms in total. The molecule has 1 fully saturated rings. The SMILES string of the molecule is CSc1ncccc1C(=O)N1CCCC[C@@H]1CCc1ccccn1. The standard InChI is InChI=1S/C19H23N3OS/c1-24-18-17(9-6-13-21-18)19(23)22-14-5-3-8-16(22)11-10-15-7-2-4-12-20-15/h2,4,6-7,9,12-13,16H,3,5,8,10-11,14H2,1H3/t16-/m1/s1. The molecule has 24 heavy (non-hydrogen) atoms. The van der Waals surface area contributed by atoms with E-state index in [9.17, 15) is 4.79 Å². The van der Waals surface area contributed by atoms with Crippen LogP contribution in [0, 0.1) is 0 Å². The molecular weight excluding hydrogens is 318 g/mol. The molecule has 0 aromatic carbocycles. The predicted molar refractivity (Wildman–Crippen MR) is 97.3 cm³/mol. The summed E-state index contributed by atoms with van der Waals surface area (Å²) in [5, 5.41) is 0.816. The average molecular weight is 341 g/mol. The Morgan fingerprint density at radius 1 is 1.21 bits per heavy atom. The van der Waals surface area contributed by atoms with E-state index in [0.29, 0.717) is 6.04 Å². The Kier molecular flexibility index (Phi) is 5.86. The number of pyridine rings is 2. The summed E-state index contributed by atoms with van der Waals surface area (Å²) in [5.41, 5.74) is 1.83. The summed E-state index contributed by atoms with van der Waals surface area (Å²) < 4.78 is 0. The van der Waals surface area contributed by atoms with Crippen molar-refractivity contribution in [2.75, 3.05) is 12.8 Å². The van der Waals surface area contributed by atoms with E-state index in [0.717, 1.165) is 48.5 Å². The first-order chi connectivity index (χ1) is 11.8. The van der Waals surface area contributed by atoms with E-state index in [2.05, 4.69) is 20.9 Å². The Labute approximate surface area is 147 Å². The Hall–Kier alpha value is -1.88. The van der Waals surface area contributed by atoms with Gasteiger partial charge in [-0.15, -0.1) is 11.8 Å². The molecule has 5 heteroatoms. The molecule has 0 spiro atoms. The van der Waals surface area contributed by atoms with Crippen LogP contribution in [0.4, 0.5) is 0 Å². The number of rotatable bonds is 5. The molecule has 0 N–H and O–H groups in total. The third-order valence-electron chi connectivity index (χ3n) is 4.54. The maximum Gasteiger partial charge on any atom is 0.256 e. The highest BCUT2D eigenvalue weighted by Gasteiger charge is 2.28. The van der Waals surface area contributed by atoms with Crippen molar-refractivity contribution in [2.45, 2.75) is 43.2 Å². The van der Waals surface area contributed by atoms with Crippen molar-refractivity contribution < 1.29 is 4.79 Å². The van der Waals surface area contributed by atoms with E-state index < -0.39 is 0 Å². The van der Waals surface area contributed by atoms with Gasteiger partial charge in [0.15, 0.2) is 0 Å². The van der Waals surface area contributed by atoms with Crippen LogP contribution >= 0.6 is 11.8 Å². The lowest BCUT2D eigenvalue weighted by atomic mass is 9.96. The normalized spacial score (nSPS) is 17.7. The van der Waals surface area contributed by atoms with Crippen molar-refractivity contribution in [2.24, 2.45) is 0 Å². The zero-order valence-corrected chi connectivity index (χ0v) is 14.8. The molecular formula is C19H23N3OS. The largest absolute Gasteiger partial charge is 0.336 e. The van der Waals surface area contributed by atoms with E-state index in [1.165, 1.54) is 18.2 Å². The van der Waals surface area contributed by atoms with Crippen molar-refractivity contribution in [1.29, 1.82) is 0 Å². The van der Waals surface area contributed by atoms with Crippen LogP contribution < -0.4 is 0 Å². The Balaban J connectivity index is 1.73. The highest BCUT2D eigenvalue weighted by molar-refractivity contribution is 7.98. The fourth-order valence-corrected chi connectivity index (χ4v) is 3.84. The second kappa shape index (κ2) is 8.29. The van der Waals surface area contributed by atoms with Gasteiger partial charge < -0.3 is 4.90 Å². The third kappa shape index (κ3) is 3.96. The molecule has 2 aromatic heterocycles. The number of aromatic nitrogens is 2. The topological polar surface area (TPSA) is 46.1 Å². The number of thioether (sulfide) groups is 1. The van der Waals surface area contributed by atoms with E-state index in [1.54, 1.807) is 6.20 Å². The molecule has 0 bridgehead atoms. The first-order valence-electron chi connectivity index (χ1n) is 8.49. The summed E-state index contributed by atoms with van der Waals surface area (Å²) in [4.78, 5) is 23.9. The summed E-state index contributed by atoms with van der Waals surface area (Å²) in [6.07, 6.45) is 10.8. The van der Waals surface area contributed by atoms with Crippen molar-refractivity contribution >= 4 is 17.7 Å². The Morgan fingerprint density at radius 2 is 2.08 bits per heavy atom. The van der Waals surface area contributed by atoms with E-state index in [-0.39, 0.29) is 5.91 Å². The summed E-state index contributed by atoms with van der Waals surface area (Å²) in [5.74, 6) is 0.123. The zero-order chi connectivity index (χ0) is 16.8. The van der Waals surface area contributed by atoms with Crippen LogP contribution in [0.3, 0.4) is 0 Å². The Morgan fingerprint density at radius 3 is 2.88 bits per heavy atom. The van der Waals surface area contributed by atoms with E-state index in [4.69, 9.17) is 0 Å². The molecule has 0 radical (unpaired) electrons. The number of likely N-dealkylation sites (tertiary alicyclic amines) is 1. The quantitative estimate of drug-likeness (QED) is 0.776. The summed E-state index contributed by atoms with van der Waals surface area (Å²) in [6, 6.07) is 10.1. The van der Waals surface area contributed by atoms with Gasteiger partial charge in [-0.1, -0.05) is 6.07 Å². The molecule has 1 aliphatic heterocycles. The third-order valence-corrected chi connectivity index (χ3v) is 5.25. The molecule has 1 aliphatic rings. The molecule has 1 saturated heterocycles. The summed E-state index contributed by atoms with van der Waals surface area (Å²) in [7, 11) is 0. The number of hydrogen-bond donors (Lipinski definition) is 0. The monoisotopic (exact) mass is 341 g/mol. The molecule has 126 valence electrons. The smallest absolute Gasteiger partial charge is 0.256 e. The maximum absolute atomic E-state index is 13.1. The lowest BCUT2D eigenvalue weighted by Gasteiger charge is -2.36. The van der Waals surface area contributed by atoms with Gasteiger partial charge in [0, 0.05) is 30.7 Å². The van der Waals surface area contributed by atoms with Crippen molar-refractivity contribution in [3.05, 3.63) is 54.0 Å². The van der Waals surface area contributed by atoms with Gasteiger partial charge in [-0.25, -0.2) is 4.98 Å². The zero-order valence-electron chi connectivity index (χ0n) is 14.0. The minimum absolute atomic E-state index is 0.123. The molecule has 1 amide bonds. The molecule has 0 saturated carbocycles. The van der Waals surface area contributed by atoms with Crippen molar-refractivity contribution in [3.63, 3.8) is 0 Å². The van der Waals surface area contributed by atoms with Crippen LogP contribution in [0.25, 0.3) is 0 Å². The van der Waals surface area contributed by atoms with Gasteiger partial charge >= 0.3 is 0 Å². The molecule has 0 aliphatic carbocycles. The minimum atomic E-state index is 0.123. The number of carbonyl (C=O) groups excluding carboxylic acids is 1. The fraction of sp³-hybridized carbons (Fsp3) is 0.421. The van der Waals surface area contributed by atoms with Crippen molar-refractivity contribution in [1.82, 2.24) is 14.9 Å². The second-order valence-corrected chi connectivity index (χ2v) is 6.86. The van der Waals surface area contributed by atoms with E-state index >= 15 is 0 Å². The van der Waals surface area contributed by atoms with Gasteiger partial charge in [-0.3, -0.25) is 9.78 Å². The summed E-state index contributed by atoms with van der Waals surface area (Å²) in [6.45, 7) is 0.842. The highest BCUT2D eigenvalue weighted by atomic mass is 32.2. The van der Waals surface area contributed by atoms with Crippen LogP contribution in [-0.2, 0) is 6.42 Å². The van der Waals surface area contributed by atoms with Gasteiger partial charge in [0.05, 0.1) is 5.56 Å². The first kappa shape index (κ1) is 17.0. The maximum atomic E-state index is 13.1. The first-order valence-corrected chi connectivity index (χ1v) is 9.72. The summed E-state index contributed by atoms with van der Waals surface area (Å²) >= 11 is 1.53. The second-order valence-electron chi connectivity index (χ2n) is 6.07. The van der Waals surface area contributed by atoms with Crippen LogP contribution in [0.15, 0.2) is 47.8 Å². The van der Waals surface area contributed by atoms with Crippen LogP contribution in [0.2, 0.25) is 0 Å². The number of piperidine rings is 1. The number of hydrogen-bond acceptors (Lipinski definition) is 4. The number of carbonyl (C=O) groups is 1. The fourth-order valence-electron chi connectivity index (χ4n) is 3.30.